The average Bonchev–Trinajstić information content (AvgIpc) is 2.35. The van der Waals surface area contributed by atoms with Gasteiger partial charge >= 0.3 is 0 Å². The zero-order valence-electron chi connectivity index (χ0n) is 9.93. The molecule has 0 radical (unpaired) electrons. The lowest BCUT2D eigenvalue weighted by molar-refractivity contribution is -0.299. The van der Waals surface area contributed by atoms with E-state index < -0.39 is 37.3 Å². The highest BCUT2D eigenvalue weighted by molar-refractivity contribution is 5.11. The Labute approximate surface area is 104 Å². The van der Waals surface area contributed by atoms with Crippen LogP contribution in [0.5, 0.6) is 0 Å². The summed E-state index contributed by atoms with van der Waals surface area (Å²) in [7, 11) is 0. The minimum Gasteiger partial charge on any atom is -0.394 e. The summed E-state index contributed by atoms with van der Waals surface area (Å²) >= 11 is 0. The van der Waals surface area contributed by atoms with Gasteiger partial charge in [0.05, 0.1) is 19.3 Å². The number of nitrogens with zero attached hydrogens (tertiary/aromatic N) is 1. The number of nitriles is 1. The molecule has 18 heavy (non-hydrogen) atoms. The molecular weight excluding hydrogens is 242 g/mol. The van der Waals surface area contributed by atoms with Gasteiger partial charge in [0.25, 0.3) is 0 Å². The molecule has 0 spiro atoms. The zero-order chi connectivity index (χ0) is 13.7. The highest BCUT2D eigenvalue weighted by Crippen LogP contribution is 2.22. The van der Waals surface area contributed by atoms with Crippen LogP contribution < -0.4 is 0 Å². The van der Waals surface area contributed by atoms with Crippen molar-refractivity contribution in [1.82, 2.24) is 0 Å². The van der Waals surface area contributed by atoms with Crippen LogP contribution >= 0.6 is 0 Å². The normalized spacial score (nSPS) is 37.3. The Morgan fingerprint density at radius 1 is 1.33 bits per heavy atom. The van der Waals surface area contributed by atoms with Gasteiger partial charge in [-0.1, -0.05) is 0 Å². The molecule has 0 amide bonds. The van der Waals surface area contributed by atoms with E-state index >= 15 is 0 Å². The van der Waals surface area contributed by atoms with E-state index in [2.05, 4.69) is 0 Å². The Balaban J connectivity index is 2.60. The Morgan fingerprint density at radius 2 is 2.00 bits per heavy atom. The van der Waals surface area contributed by atoms with Gasteiger partial charge in [-0.05, 0) is 12.5 Å². The van der Waals surface area contributed by atoms with E-state index in [0.29, 0.717) is 5.57 Å². The van der Waals surface area contributed by atoms with Gasteiger partial charge in [0.2, 0.25) is 0 Å². The highest BCUT2D eigenvalue weighted by Gasteiger charge is 2.43. The van der Waals surface area contributed by atoms with Gasteiger partial charge in [-0.2, -0.15) is 5.26 Å². The number of rotatable bonds is 4. The smallest absolute Gasteiger partial charge is 0.187 e. The van der Waals surface area contributed by atoms with Crippen molar-refractivity contribution in [2.45, 2.75) is 37.6 Å². The summed E-state index contributed by atoms with van der Waals surface area (Å²) in [5, 5.41) is 46.0. The monoisotopic (exact) mass is 259 g/mol. The Bertz CT molecular complexity index is 337. The van der Waals surface area contributed by atoms with E-state index in [1.807, 2.05) is 6.07 Å². The predicted molar refractivity (Wildman–Crippen MR) is 59.1 cm³/mol. The number of hydrogen-bond acceptors (Lipinski definition) is 7. The van der Waals surface area contributed by atoms with Crippen LogP contribution in [0.15, 0.2) is 11.6 Å². The van der Waals surface area contributed by atoms with Crippen LogP contribution in [0, 0.1) is 11.3 Å². The predicted octanol–water partition coefficient (Wildman–Crippen LogP) is -1.73. The summed E-state index contributed by atoms with van der Waals surface area (Å²) < 4.78 is 10.3. The molecule has 0 aromatic rings. The first-order chi connectivity index (χ1) is 8.51. The molecule has 1 saturated heterocycles. The molecule has 0 saturated carbocycles. The molecule has 4 N–H and O–H groups in total. The molecule has 7 heteroatoms. The van der Waals surface area contributed by atoms with Crippen molar-refractivity contribution < 1.29 is 29.9 Å². The SMILES string of the molecule is C/C(=C/C#N)CO[C@@H]1O[C@H](CO)[C@@H](O)[C@H](O)[C@H]1O. The lowest BCUT2D eigenvalue weighted by atomic mass is 9.99. The lowest BCUT2D eigenvalue weighted by Gasteiger charge is -2.39. The van der Waals surface area contributed by atoms with E-state index in [-0.39, 0.29) is 6.61 Å². The maximum absolute atomic E-state index is 9.64. The van der Waals surface area contributed by atoms with Crippen molar-refractivity contribution in [2.24, 2.45) is 0 Å². The second-order valence-corrected chi connectivity index (χ2v) is 4.13. The molecule has 7 nitrogen and oxygen atoms in total. The Kier molecular flexibility index (Phi) is 5.68. The molecule has 0 bridgehead atoms. The summed E-state index contributed by atoms with van der Waals surface area (Å²) in [6.45, 7) is 1.20. The van der Waals surface area contributed by atoms with Crippen LogP contribution in [0.1, 0.15) is 6.92 Å². The average molecular weight is 259 g/mol. The molecule has 102 valence electrons. The van der Waals surface area contributed by atoms with Crippen LogP contribution in [0.3, 0.4) is 0 Å². The molecular formula is C11H17NO6. The quantitative estimate of drug-likeness (QED) is 0.442. The van der Waals surface area contributed by atoms with Crippen molar-refractivity contribution in [3.8, 4) is 6.07 Å². The van der Waals surface area contributed by atoms with E-state index in [1.54, 1.807) is 6.92 Å². The minimum atomic E-state index is -1.46. The fourth-order valence-electron chi connectivity index (χ4n) is 1.57. The third-order valence-corrected chi connectivity index (χ3v) is 2.63. The summed E-state index contributed by atoms with van der Waals surface area (Å²) in [4.78, 5) is 0. The van der Waals surface area contributed by atoms with Crippen molar-refractivity contribution >= 4 is 0 Å². The van der Waals surface area contributed by atoms with Gasteiger partial charge in [-0.25, -0.2) is 0 Å². The molecule has 5 atom stereocenters. The van der Waals surface area contributed by atoms with Gasteiger partial charge < -0.3 is 29.9 Å². The van der Waals surface area contributed by atoms with Crippen LogP contribution in [-0.4, -0.2) is 64.3 Å². The minimum absolute atomic E-state index is 0.0379. The van der Waals surface area contributed by atoms with Crippen LogP contribution in [0.25, 0.3) is 0 Å². The number of aliphatic hydroxyl groups is 4. The first kappa shape index (κ1) is 15.0. The molecule has 1 fully saturated rings. The van der Waals surface area contributed by atoms with E-state index in [1.165, 1.54) is 6.08 Å². The third-order valence-electron chi connectivity index (χ3n) is 2.63. The molecule has 0 unspecified atom stereocenters. The fraction of sp³-hybridized carbons (Fsp3) is 0.727. The number of allylic oxidation sites excluding steroid dienone is 1. The molecule has 0 aromatic carbocycles. The Morgan fingerprint density at radius 3 is 2.56 bits per heavy atom. The molecule has 1 rings (SSSR count). The van der Waals surface area contributed by atoms with Gasteiger partial charge in [-0.3, -0.25) is 0 Å². The summed E-state index contributed by atoms with van der Waals surface area (Å²) in [5.41, 5.74) is 0.620. The Hall–Kier alpha value is -1.01. The second kappa shape index (κ2) is 6.80. The first-order valence-electron chi connectivity index (χ1n) is 5.48. The third kappa shape index (κ3) is 3.49. The number of hydrogen-bond donors (Lipinski definition) is 4. The molecule has 1 aliphatic rings. The van der Waals surface area contributed by atoms with E-state index in [0.717, 1.165) is 0 Å². The highest BCUT2D eigenvalue weighted by atomic mass is 16.7. The van der Waals surface area contributed by atoms with Crippen molar-refractivity contribution in [1.29, 1.82) is 5.26 Å². The summed E-state index contributed by atoms with van der Waals surface area (Å²) in [6, 6.07) is 1.83. The van der Waals surface area contributed by atoms with Gasteiger partial charge in [0.15, 0.2) is 6.29 Å². The maximum Gasteiger partial charge on any atom is 0.187 e. The van der Waals surface area contributed by atoms with Gasteiger partial charge in [0, 0.05) is 6.08 Å². The van der Waals surface area contributed by atoms with E-state index in [4.69, 9.17) is 19.8 Å². The van der Waals surface area contributed by atoms with E-state index in [9.17, 15) is 15.3 Å². The molecule has 1 aliphatic heterocycles. The standard InChI is InChI=1S/C11H17NO6/c1-6(2-3-12)5-17-11-10(16)9(15)8(14)7(4-13)18-11/h2,7-11,13-16H,4-5H2,1H3/b6-2-/t7-,8-,9+,10-,11-/m1/s1. The van der Waals surface area contributed by atoms with Gasteiger partial charge in [0.1, 0.15) is 24.4 Å². The van der Waals surface area contributed by atoms with Crippen LogP contribution in [0.2, 0.25) is 0 Å². The molecule has 1 heterocycles. The number of ether oxygens (including phenoxy) is 2. The first-order valence-corrected chi connectivity index (χ1v) is 5.48. The summed E-state index contributed by atoms with van der Waals surface area (Å²) in [5.74, 6) is 0. The van der Waals surface area contributed by atoms with Crippen molar-refractivity contribution in [2.75, 3.05) is 13.2 Å². The second-order valence-electron chi connectivity index (χ2n) is 4.13. The lowest BCUT2D eigenvalue weighted by Crippen LogP contribution is -2.59. The number of aliphatic hydroxyl groups excluding tert-OH is 4. The summed E-state index contributed by atoms with van der Waals surface area (Å²) in [6.07, 6.45) is -5.15. The molecule has 0 aromatic heterocycles. The van der Waals surface area contributed by atoms with Crippen molar-refractivity contribution in [3.05, 3.63) is 11.6 Å². The van der Waals surface area contributed by atoms with Crippen LogP contribution in [-0.2, 0) is 9.47 Å². The maximum atomic E-state index is 9.64. The van der Waals surface area contributed by atoms with Crippen molar-refractivity contribution in [3.63, 3.8) is 0 Å². The molecule has 0 aliphatic carbocycles. The fourth-order valence-corrected chi connectivity index (χ4v) is 1.57. The topological polar surface area (TPSA) is 123 Å². The van der Waals surface area contributed by atoms with Crippen LogP contribution in [0.4, 0.5) is 0 Å². The largest absolute Gasteiger partial charge is 0.394 e. The van der Waals surface area contributed by atoms with Gasteiger partial charge in [-0.15, -0.1) is 0 Å². The zero-order valence-corrected chi connectivity index (χ0v) is 9.93.